The molecule has 1 amide bonds. The lowest BCUT2D eigenvalue weighted by atomic mass is 9.89. The molecule has 4 heteroatoms. The summed E-state index contributed by atoms with van der Waals surface area (Å²) < 4.78 is 5.48. The van der Waals surface area contributed by atoms with Crippen molar-refractivity contribution in [3.8, 4) is 0 Å². The largest absolute Gasteiger partial charge is 0.377 e. The van der Waals surface area contributed by atoms with E-state index in [1.807, 2.05) is 0 Å². The van der Waals surface area contributed by atoms with Crippen LogP contribution in [0.5, 0.6) is 0 Å². The highest BCUT2D eigenvalue weighted by Gasteiger charge is 2.35. The Kier molecular flexibility index (Phi) is 4.08. The molecule has 3 fully saturated rings. The first-order valence-electron chi connectivity index (χ1n) is 7.89. The lowest BCUT2D eigenvalue weighted by Gasteiger charge is -2.37. The van der Waals surface area contributed by atoms with E-state index in [0.717, 1.165) is 26.0 Å². The van der Waals surface area contributed by atoms with Crippen molar-refractivity contribution in [2.75, 3.05) is 19.8 Å². The monoisotopic (exact) mass is 266 g/mol. The first-order chi connectivity index (χ1) is 9.26. The summed E-state index contributed by atoms with van der Waals surface area (Å²) >= 11 is 0. The Balaban J connectivity index is 1.55. The number of carbonyl (C=O) groups is 1. The zero-order valence-electron chi connectivity index (χ0n) is 11.9. The van der Waals surface area contributed by atoms with Gasteiger partial charge >= 0.3 is 0 Å². The first-order valence-corrected chi connectivity index (χ1v) is 7.89. The zero-order chi connectivity index (χ0) is 13.2. The predicted octanol–water partition coefficient (Wildman–Crippen LogP) is 1.54. The number of fused-ring (bicyclic) bond motifs is 2. The minimum absolute atomic E-state index is 0.305. The molecule has 19 heavy (non-hydrogen) atoms. The lowest BCUT2D eigenvalue weighted by molar-refractivity contribution is -0.141. The number of hydrogen-bond donors (Lipinski definition) is 1. The maximum atomic E-state index is 12.5. The summed E-state index contributed by atoms with van der Waals surface area (Å²) in [6.45, 7) is 4.36. The molecule has 3 heterocycles. The van der Waals surface area contributed by atoms with Gasteiger partial charge in [0.15, 0.2) is 0 Å². The molecule has 3 unspecified atom stereocenters. The van der Waals surface area contributed by atoms with E-state index in [9.17, 15) is 4.79 Å². The van der Waals surface area contributed by atoms with Crippen molar-refractivity contribution < 1.29 is 9.53 Å². The van der Waals surface area contributed by atoms with Crippen molar-refractivity contribution >= 4 is 5.91 Å². The van der Waals surface area contributed by atoms with Crippen LogP contribution < -0.4 is 5.32 Å². The number of amides is 1. The standard InChI is InChI=1S/C15H26N2O2/c1-2-14-10-19-6-5-17(14)15(18)9-11-7-12-3-4-13(8-11)16-12/h11-14,16H,2-10H2,1H3. The van der Waals surface area contributed by atoms with Gasteiger partial charge in [0.25, 0.3) is 0 Å². The molecule has 0 radical (unpaired) electrons. The van der Waals surface area contributed by atoms with Crippen LogP contribution in [0.1, 0.15) is 45.4 Å². The fourth-order valence-electron chi connectivity index (χ4n) is 4.03. The van der Waals surface area contributed by atoms with Gasteiger partial charge < -0.3 is 15.0 Å². The van der Waals surface area contributed by atoms with E-state index in [-0.39, 0.29) is 0 Å². The number of nitrogens with one attached hydrogen (secondary N) is 1. The lowest BCUT2D eigenvalue weighted by Crippen LogP contribution is -2.49. The van der Waals surface area contributed by atoms with Crippen molar-refractivity contribution in [1.82, 2.24) is 10.2 Å². The third-order valence-electron chi connectivity index (χ3n) is 5.05. The van der Waals surface area contributed by atoms with E-state index in [1.54, 1.807) is 0 Å². The van der Waals surface area contributed by atoms with Crippen LogP contribution in [0.2, 0.25) is 0 Å². The molecule has 3 aliphatic heterocycles. The molecule has 0 saturated carbocycles. The van der Waals surface area contributed by atoms with E-state index in [2.05, 4.69) is 17.1 Å². The predicted molar refractivity (Wildman–Crippen MR) is 73.9 cm³/mol. The maximum Gasteiger partial charge on any atom is 0.223 e. The molecule has 4 nitrogen and oxygen atoms in total. The molecule has 1 N–H and O–H groups in total. The maximum absolute atomic E-state index is 12.5. The summed E-state index contributed by atoms with van der Waals surface area (Å²) in [5.74, 6) is 0.966. The normalized spacial score (nSPS) is 38.5. The summed E-state index contributed by atoms with van der Waals surface area (Å²) in [7, 11) is 0. The van der Waals surface area contributed by atoms with Crippen LogP contribution in [0.25, 0.3) is 0 Å². The van der Waals surface area contributed by atoms with Crippen LogP contribution in [0.4, 0.5) is 0 Å². The minimum Gasteiger partial charge on any atom is -0.377 e. The van der Waals surface area contributed by atoms with E-state index in [4.69, 9.17) is 4.74 Å². The highest BCUT2D eigenvalue weighted by atomic mass is 16.5. The Morgan fingerprint density at radius 1 is 1.32 bits per heavy atom. The number of morpholine rings is 1. The van der Waals surface area contributed by atoms with Gasteiger partial charge in [-0.05, 0) is 38.0 Å². The molecule has 3 atom stereocenters. The SMILES string of the molecule is CCC1COCCN1C(=O)CC1CC2CCC(C1)N2. The van der Waals surface area contributed by atoms with Crippen molar-refractivity contribution in [3.05, 3.63) is 0 Å². The second-order valence-corrected chi connectivity index (χ2v) is 6.40. The average molecular weight is 266 g/mol. The molecule has 0 aromatic heterocycles. The van der Waals surface area contributed by atoms with Crippen LogP contribution in [0.3, 0.4) is 0 Å². The van der Waals surface area contributed by atoms with Crippen molar-refractivity contribution in [3.63, 3.8) is 0 Å². The summed E-state index contributed by atoms with van der Waals surface area (Å²) in [4.78, 5) is 14.6. The average Bonchev–Trinajstić information content (AvgIpc) is 2.78. The number of rotatable bonds is 3. The van der Waals surface area contributed by atoms with Crippen molar-refractivity contribution in [1.29, 1.82) is 0 Å². The Morgan fingerprint density at radius 2 is 2.05 bits per heavy atom. The zero-order valence-corrected chi connectivity index (χ0v) is 11.9. The molecular formula is C15H26N2O2. The molecule has 0 aromatic carbocycles. The van der Waals surface area contributed by atoms with Gasteiger partial charge in [0, 0.05) is 25.0 Å². The van der Waals surface area contributed by atoms with Gasteiger partial charge in [0.1, 0.15) is 0 Å². The van der Waals surface area contributed by atoms with Gasteiger partial charge in [-0.1, -0.05) is 6.92 Å². The number of nitrogens with zero attached hydrogens (tertiary/aromatic N) is 1. The Hall–Kier alpha value is -0.610. The molecule has 3 rings (SSSR count). The van der Waals surface area contributed by atoms with Crippen LogP contribution >= 0.6 is 0 Å². The molecule has 3 saturated heterocycles. The Bertz CT molecular complexity index is 322. The molecule has 3 aliphatic rings. The van der Waals surface area contributed by atoms with Gasteiger partial charge in [-0.25, -0.2) is 0 Å². The van der Waals surface area contributed by atoms with Crippen LogP contribution in [-0.2, 0) is 9.53 Å². The highest BCUT2D eigenvalue weighted by Crippen LogP contribution is 2.33. The first kappa shape index (κ1) is 13.4. The van der Waals surface area contributed by atoms with E-state index < -0.39 is 0 Å². The third-order valence-corrected chi connectivity index (χ3v) is 5.05. The number of ether oxygens (including phenoxy) is 1. The summed E-state index contributed by atoms with van der Waals surface area (Å²) in [5, 5.41) is 3.65. The smallest absolute Gasteiger partial charge is 0.223 e. The second kappa shape index (κ2) is 5.80. The van der Waals surface area contributed by atoms with Crippen molar-refractivity contribution in [2.24, 2.45) is 5.92 Å². The van der Waals surface area contributed by atoms with E-state index in [0.29, 0.717) is 36.6 Å². The fraction of sp³-hybridized carbons (Fsp3) is 0.933. The third kappa shape index (κ3) is 2.95. The molecule has 0 aliphatic carbocycles. The topological polar surface area (TPSA) is 41.6 Å². The molecular weight excluding hydrogens is 240 g/mol. The molecule has 0 aromatic rings. The Morgan fingerprint density at radius 3 is 2.74 bits per heavy atom. The quantitative estimate of drug-likeness (QED) is 0.842. The summed E-state index contributed by atoms with van der Waals surface area (Å²) in [6, 6.07) is 1.67. The number of hydrogen-bond acceptors (Lipinski definition) is 3. The van der Waals surface area contributed by atoms with Gasteiger partial charge in [-0.2, -0.15) is 0 Å². The number of carbonyl (C=O) groups excluding carboxylic acids is 1. The molecule has 108 valence electrons. The van der Waals surface area contributed by atoms with E-state index >= 15 is 0 Å². The van der Waals surface area contributed by atoms with Gasteiger partial charge in [0.05, 0.1) is 19.3 Å². The van der Waals surface area contributed by atoms with E-state index in [1.165, 1.54) is 25.7 Å². The van der Waals surface area contributed by atoms with Gasteiger partial charge in [0.2, 0.25) is 5.91 Å². The molecule has 0 spiro atoms. The van der Waals surface area contributed by atoms with Crippen LogP contribution in [0, 0.1) is 5.92 Å². The van der Waals surface area contributed by atoms with Crippen LogP contribution in [0.15, 0.2) is 0 Å². The minimum atomic E-state index is 0.305. The summed E-state index contributed by atoms with van der Waals surface area (Å²) in [6.07, 6.45) is 6.77. The van der Waals surface area contributed by atoms with Gasteiger partial charge in [-0.3, -0.25) is 4.79 Å². The highest BCUT2D eigenvalue weighted by molar-refractivity contribution is 5.77. The Labute approximate surface area is 115 Å². The number of piperidine rings is 1. The molecule has 2 bridgehead atoms. The fourth-order valence-corrected chi connectivity index (χ4v) is 4.03. The van der Waals surface area contributed by atoms with Crippen molar-refractivity contribution in [2.45, 2.75) is 63.6 Å². The second-order valence-electron chi connectivity index (χ2n) is 6.40. The van der Waals surface area contributed by atoms with Crippen LogP contribution in [-0.4, -0.2) is 48.7 Å². The van der Waals surface area contributed by atoms with Gasteiger partial charge in [-0.15, -0.1) is 0 Å². The summed E-state index contributed by atoms with van der Waals surface area (Å²) in [5.41, 5.74) is 0.